The molecule has 1 amide bonds. The second-order valence-electron chi connectivity index (χ2n) is 6.16. The maximum atomic E-state index is 12.2. The SMILES string of the molecule is Cc1cc(=O)oc2cc(OCc3nnc(NC(=O)c4cccc(Br)c4)o3)ccc12. The van der Waals surface area contributed by atoms with Crippen molar-refractivity contribution in [2.24, 2.45) is 0 Å². The van der Waals surface area contributed by atoms with Crippen molar-refractivity contribution in [3.8, 4) is 5.75 Å². The third-order valence-electron chi connectivity index (χ3n) is 4.06. The molecular formula is C20H14BrN3O5. The maximum absolute atomic E-state index is 12.2. The molecule has 0 fully saturated rings. The number of benzene rings is 2. The topological polar surface area (TPSA) is 107 Å². The number of anilines is 1. The highest BCUT2D eigenvalue weighted by atomic mass is 79.9. The number of nitrogens with one attached hydrogen (secondary N) is 1. The van der Waals surface area contributed by atoms with E-state index in [0.717, 1.165) is 15.4 Å². The number of hydrogen-bond acceptors (Lipinski definition) is 7. The van der Waals surface area contributed by atoms with Gasteiger partial charge in [-0.1, -0.05) is 27.1 Å². The lowest BCUT2D eigenvalue weighted by molar-refractivity contribution is 0.102. The second-order valence-corrected chi connectivity index (χ2v) is 7.08. The van der Waals surface area contributed by atoms with Gasteiger partial charge in [0, 0.05) is 27.6 Å². The number of carbonyl (C=O) groups excluding carboxylic acids is 1. The first-order valence-electron chi connectivity index (χ1n) is 8.54. The van der Waals surface area contributed by atoms with Gasteiger partial charge in [-0.3, -0.25) is 10.1 Å². The molecule has 0 saturated heterocycles. The summed E-state index contributed by atoms with van der Waals surface area (Å²) in [4.78, 5) is 23.7. The fourth-order valence-corrected chi connectivity index (χ4v) is 3.10. The summed E-state index contributed by atoms with van der Waals surface area (Å²) in [5, 5.41) is 11.0. The number of rotatable bonds is 5. The van der Waals surface area contributed by atoms with Crippen LogP contribution in [0.15, 0.2) is 66.6 Å². The van der Waals surface area contributed by atoms with Crippen molar-refractivity contribution in [3.63, 3.8) is 0 Å². The van der Waals surface area contributed by atoms with Gasteiger partial charge in [-0.05, 0) is 42.8 Å². The van der Waals surface area contributed by atoms with E-state index >= 15 is 0 Å². The summed E-state index contributed by atoms with van der Waals surface area (Å²) >= 11 is 3.31. The van der Waals surface area contributed by atoms with Crippen molar-refractivity contribution in [3.05, 3.63) is 80.4 Å². The van der Waals surface area contributed by atoms with E-state index in [9.17, 15) is 9.59 Å². The summed E-state index contributed by atoms with van der Waals surface area (Å²) in [6, 6.07) is 13.5. The first kappa shape index (κ1) is 18.9. The van der Waals surface area contributed by atoms with Crippen molar-refractivity contribution >= 4 is 38.8 Å². The molecule has 0 spiro atoms. The Kier molecular flexibility index (Phi) is 5.13. The monoisotopic (exact) mass is 455 g/mol. The third kappa shape index (κ3) is 4.35. The van der Waals surface area contributed by atoms with Gasteiger partial charge in [0.15, 0.2) is 6.61 Å². The van der Waals surface area contributed by atoms with Gasteiger partial charge in [-0.2, -0.15) is 0 Å². The maximum Gasteiger partial charge on any atom is 0.336 e. The number of nitrogens with zero attached hydrogens (tertiary/aromatic N) is 2. The summed E-state index contributed by atoms with van der Waals surface area (Å²) < 4.78 is 17.0. The second kappa shape index (κ2) is 7.88. The van der Waals surface area contributed by atoms with Crippen molar-refractivity contribution in [2.45, 2.75) is 13.5 Å². The van der Waals surface area contributed by atoms with Gasteiger partial charge in [0.1, 0.15) is 11.3 Å². The predicted octanol–water partition coefficient (Wildman–Crippen LogP) is 4.08. The molecule has 2 aromatic carbocycles. The molecule has 4 rings (SSSR count). The zero-order chi connectivity index (χ0) is 20.4. The van der Waals surface area contributed by atoms with Crippen LogP contribution in [0.25, 0.3) is 11.0 Å². The highest BCUT2D eigenvalue weighted by Crippen LogP contribution is 2.23. The summed E-state index contributed by atoms with van der Waals surface area (Å²) in [7, 11) is 0. The van der Waals surface area contributed by atoms with Crippen LogP contribution in [0.5, 0.6) is 5.75 Å². The van der Waals surface area contributed by atoms with E-state index in [4.69, 9.17) is 13.6 Å². The molecule has 0 aliphatic rings. The Morgan fingerprint density at radius 3 is 2.83 bits per heavy atom. The van der Waals surface area contributed by atoms with Gasteiger partial charge in [0.25, 0.3) is 11.8 Å². The number of amides is 1. The molecule has 0 aliphatic heterocycles. The lowest BCUT2D eigenvalue weighted by atomic mass is 10.1. The Balaban J connectivity index is 1.42. The standard InChI is InChI=1S/C20H14BrN3O5/c1-11-7-18(25)28-16-9-14(5-6-15(11)16)27-10-17-23-24-20(29-17)22-19(26)12-3-2-4-13(21)8-12/h2-9H,10H2,1H3,(H,22,24,26). The van der Waals surface area contributed by atoms with Gasteiger partial charge >= 0.3 is 11.6 Å². The molecule has 0 radical (unpaired) electrons. The largest absolute Gasteiger partial charge is 0.484 e. The molecule has 0 unspecified atom stereocenters. The Morgan fingerprint density at radius 2 is 2.00 bits per heavy atom. The Bertz CT molecular complexity index is 1260. The first-order chi connectivity index (χ1) is 14.0. The highest BCUT2D eigenvalue weighted by Gasteiger charge is 2.13. The fraction of sp³-hybridized carbons (Fsp3) is 0.100. The number of fused-ring (bicyclic) bond motifs is 1. The van der Waals surface area contributed by atoms with Crippen LogP contribution in [0.2, 0.25) is 0 Å². The lowest BCUT2D eigenvalue weighted by Crippen LogP contribution is -2.11. The highest BCUT2D eigenvalue weighted by molar-refractivity contribution is 9.10. The molecule has 146 valence electrons. The van der Waals surface area contributed by atoms with Crippen LogP contribution < -0.4 is 15.7 Å². The summed E-state index contributed by atoms with van der Waals surface area (Å²) in [6.07, 6.45) is 0. The van der Waals surface area contributed by atoms with Gasteiger partial charge < -0.3 is 13.6 Å². The molecular weight excluding hydrogens is 442 g/mol. The van der Waals surface area contributed by atoms with E-state index in [2.05, 4.69) is 31.4 Å². The van der Waals surface area contributed by atoms with Crippen LogP contribution in [0.1, 0.15) is 21.8 Å². The molecule has 9 heteroatoms. The molecule has 0 aliphatic carbocycles. The molecule has 0 saturated carbocycles. The van der Waals surface area contributed by atoms with E-state index in [1.165, 1.54) is 6.07 Å². The molecule has 4 aromatic rings. The molecule has 29 heavy (non-hydrogen) atoms. The summed E-state index contributed by atoms with van der Waals surface area (Å²) in [5.74, 6) is 0.284. The number of halogens is 1. The van der Waals surface area contributed by atoms with Gasteiger partial charge in [0.2, 0.25) is 0 Å². The number of aryl methyl sites for hydroxylation is 1. The predicted molar refractivity (Wildman–Crippen MR) is 108 cm³/mol. The molecule has 0 atom stereocenters. The van der Waals surface area contributed by atoms with Gasteiger partial charge in [-0.15, -0.1) is 5.10 Å². The van der Waals surface area contributed by atoms with E-state index in [0.29, 0.717) is 16.9 Å². The molecule has 1 N–H and O–H groups in total. The van der Waals surface area contributed by atoms with Crippen molar-refractivity contribution in [1.82, 2.24) is 10.2 Å². The fourth-order valence-electron chi connectivity index (χ4n) is 2.70. The third-order valence-corrected chi connectivity index (χ3v) is 4.55. The number of carbonyl (C=O) groups is 1. The average Bonchev–Trinajstić information content (AvgIpc) is 3.13. The van der Waals surface area contributed by atoms with Crippen LogP contribution in [0.4, 0.5) is 6.01 Å². The van der Waals surface area contributed by atoms with E-state index in [-0.39, 0.29) is 24.4 Å². The molecule has 2 aromatic heterocycles. The van der Waals surface area contributed by atoms with Gasteiger partial charge in [0.05, 0.1) is 0 Å². The van der Waals surface area contributed by atoms with Crippen molar-refractivity contribution in [2.75, 3.05) is 5.32 Å². The number of ether oxygens (including phenoxy) is 1. The first-order valence-corrected chi connectivity index (χ1v) is 9.34. The lowest BCUT2D eigenvalue weighted by Gasteiger charge is -2.05. The van der Waals surface area contributed by atoms with Crippen LogP contribution in [0, 0.1) is 6.92 Å². The summed E-state index contributed by atoms with van der Waals surface area (Å²) in [6.45, 7) is 1.82. The Labute approximate surface area is 172 Å². The Hall–Kier alpha value is -3.46. The van der Waals surface area contributed by atoms with Crippen molar-refractivity contribution in [1.29, 1.82) is 0 Å². The quantitative estimate of drug-likeness (QED) is 0.451. The zero-order valence-electron chi connectivity index (χ0n) is 15.1. The van der Waals surface area contributed by atoms with E-state index < -0.39 is 5.63 Å². The normalized spacial score (nSPS) is 10.8. The van der Waals surface area contributed by atoms with E-state index in [1.54, 1.807) is 36.4 Å². The van der Waals surface area contributed by atoms with Crippen molar-refractivity contribution < 1.29 is 18.4 Å². The number of aromatic nitrogens is 2. The van der Waals surface area contributed by atoms with Crippen LogP contribution in [0.3, 0.4) is 0 Å². The molecule has 8 nitrogen and oxygen atoms in total. The Morgan fingerprint density at radius 1 is 1.14 bits per heavy atom. The minimum absolute atomic E-state index is 0.0126. The zero-order valence-corrected chi connectivity index (χ0v) is 16.7. The van der Waals surface area contributed by atoms with E-state index in [1.807, 2.05) is 13.0 Å². The smallest absolute Gasteiger partial charge is 0.336 e. The van der Waals surface area contributed by atoms with Gasteiger partial charge in [-0.25, -0.2) is 4.79 Å². The minimum Gasteiger partial charge on any atom is -0.484 e. The minimum atomic E-state index is -0.421. The number of hydrogen-bond donors (Lipinski definition) is 1. The van der Waals surface area contributed by atoms with Crippen LogP contribution in [-0.4, -0.2) is 16.1 Å². The summed E-state index contributed by atoms with van der Waals surface area (Å²) in [5.41, 5.74) is 1.28. The average molecular weight is 456 g/mol. The van der Waals surface area contributed by atoms with Crippen LogP contribution in [-0.2, 0) is 6.61 Å². The molecule has 0 bridgehead atoms. The van der Waals surface area contributed by atoms with Crippen LogP contribution >= 0.6 is 15.9 Å². The molecule has 2 heterocycles.